The molecule has 1 N–H and O–H groups in total. The Balaban J connectivity index is 1.81. The molecular formula is C18H28N2. The summed E-state index contributed by atoms with van der Waals surface area (Å²) >= 11 is 0. The SMILES string of the molecule is CC1(C)CN(CC2CCCCC2)c2ccccc2CN1. The number of fused-ring (bicyclic) bond motifs is 1. The van der Waals surface area contributed by atoms with E-state index >= 15 is 0 Å². The summed E-state index contributed by atoms with van der Waals surface area (Å²) in [6, 6.07) is 8.93. The van der Waals surface area contributed by atoms with Gasteiger partial charge >= 0.3 is 0 Å². The van der Waals surface area contributed by atoms with Crippen LogP contribution in [0, 0.1) is 5.92 Å². The van der Waals surface area contributed by atoms with Gasteiger partial charge in [0.05, 0.1) is 0 Å². The van der Waals surface area contributed by atoms with Crippen molar-refractivity contribution in [1.29, 1.82) is 0 Å². The maximum atomic E-state index is 3.70. The quantitative estimate of drug-likeness (QED) is 0.877. The smallest absolute Gasteiger partial charge is 0.0412 e. The van der Waals surface area contributed by atoms with Crippen LogP contribution in [0.25, 0.3) is 0 Å². The first-order chi connectivity index (χ1) is 9.64. The molecule has 1 aliphatic heterocycles. The van der Waals surface area contributed by atoms with Crippen LogP contribution in [-0.2, 0) is 6.54 Å². The lowest BCUT2D eigenvalue weighted by Gasteiger charge is -2.35. The van der Waals surface area contributed by atoms with E-state index < -0.39 is 0 Å². The Morgan fingerprint density at radius 1 is 1.15 bits per heavy atom. The van der Waals surface area contributed by atoms with Gasteiger partial charge in [0, 0.05) is 30.9 Å². The van der Waals surface area contributed by atoms with Crippen LogP contribution in [0.1, 0.15) is 51.5 Å². The van der Waals surface area contributed by atoms with Crippen LogP contribution < -0.4 is 10.2 Å². The molecule has 2 aliphatic rings. The van der Waals surface area contributed by atoms with Crippen LogP contribution in [-0.4, -0.2) is 18.6 Å². The predicted octanol–water partition coefficient (Wildman–Crippen LogP) is 3.96. The van der Waals surface area contributed by atoms with Crippen LogP contribution in [0.15, 0.2) is 24.3 Å². The highest BCUT2D eigenvalue weighted by Gasteiger charge is 2.28. The molecule has 0 radical (unpaired) electrons. The van der Waals surface area contributed by atoms with Gasteiger partial charge in [-0.25, -0.2) is 0 Å². The second-order valence-electron chi connectivity index (χ2n) is 7.25. The van der Waals surface area contributed by atoms with Gasteiger partial charge in [0.25, 0.3) is 0 Å². The third-order valence-electron chi connectivity index (χ3n) is 4.88. The van der Waals surface area contributed by atoms with Crippen molar-refractivity contribution in [3.63, 3.8) is 0 Å². The average Bonchev–Trinajstić information content (AvgIpc) is 2.57. The third-order valence-corrected chi connectivity index (χ3v) is 4.88. The molecule has 1 heterocycles. The number of hydrogen-bond acceptors (Lipinski definition) is 2. The number of nitrogens with zero attached hydrogens (tertiary/aromatic N) is 1. The zero-order valence-electron chi connectivity index (χ0n) is 13.0. The summed E-state index contributed by atoms with van der Waals surface area (Å²) in [7, 11) is 0. The molecule has 20 heavy (non-hydrogen) atoms. The lowest BCUT2D eigenvalue weighted by molar-refractivity contribution is 0.339. The lowest BCUT2D eigenvalue weighted by Crippen LogP contribution is -2.48. The minimum absolute atomic E-state index is 0.188. The van der Waals surface area contributed by atoms with Gasteiger partial charge in [-0.05, 0) is 44.2 Å². The maximum absolute atomic E-state index is 3.70. The molecule has 1 aromatic rings. The van der Waals surface area contributed by atoms with Crippen molar-refractivity contribution >= 4 is 5.69 Å². The summed E-state index contributed by atoms with van der Waals surface area (Å²) in [6.07, 6.45) is 7.16. The van der Waals surface area contributed by atoms with Gasteiger partial charge in [-0.3, -0.25) is 0 Å². The van der Waals surface area contributed by atoms with Gasteiger partial charge in [0.15, 0.2) is 0 Å². The highest BCUT2D eigenvalue weighted by atomic mass is 15.2. The molecule has 110 valence electrons. The topological polar surface area (TPSA) is 15.3 Å². The molecule has 1 fully saturated rings. The zero-order valence-corrected chi connectivity index (χ0v) is 13.0. The van der Waals surface area contributed by atoms with E-state index in [-0.39, 0.29) is 5.54 Å². The van der Waals surface area contributed by atoms with E-state index in [4.69, 9.17) is 0 Å². The number of para-hydroxylation sites is 1. The van der Waals surface area contributed by atoms with Crippen molar-refractivity contribution in [1.82, 2.24) is 5.32 Å². The van der Waals surface area contributed by atoms with E-state index in [9.17, 15) is 0 Å². The van der Waals surface area contributed by atoms with Gasteiger partial charge in [-0.15, -0.1) is 0 Å². The fraction of sp³-hybridized carbons (Fsp3) is 0.667. The van der Waals surface area contributed by atoms with Gasteiger partial charge in [0.2, 0.25) is 0 Å². The summed E-state index contributed by atoms with van der Waals surface area (Å²) in [5.41, 5.74) is 3.10. The monoisotopic (exact) mass is 272 g/mol. The largest absolute Gasteiger partial charge is 0.369 e. The molecule has 1 aliphatic carbocycles. The summed E-state index contributed by atoms with van der Waals surface area (Å²) in [4.78, 5) is 2.64. The molecule has 0 amide bonds. The van der Waals surface area contributed by atoms with Crippen LogP contribution in [0.4, 0.5) is 5.69 Å². The molecular weight excluding hydrogens is 244 g/mol. The Bertz CT molecular complexity index is 446. The minimum atomic E-state index is 0.188. The number of anilines is 1. The zero-order chi connectivity index (χ0) is 14.0. The molecule has 0 aromatic heterocycles. The predicted molar refractivity (Wildman–Crippen MR) is 86.1 cm³/mol. The number of benzene rings is 1. The molecule has 0 saturated heterocycles. The van der Waals surface area contributed by atoms with E-state index in [0.717, 1.165) is 19.0 Å². The summed E-state index contributed by atoms with van der Waals surface area (Å²) < 4.78 is 0. The van der Waals surface area contributed by atoms with E-state index in [2.05, 4.69) is 48.3 Å². The third kappa shape index (κ3) is 3.17. The molecule has 1 aromatic carbocycles. The van der Waals surface area contributed by atoms with Gasteiger partial charge in [-0.2, -0.15) is 0 Å². The van der Waals surface area contributed by atoms with Crippen molar-refractivity contribution in [3.8, 4) is 0 Å². The molecule has 0 unspecified atom stereocenters. The summed E-state index contributed by atoms with van der Waals surface area (Å²) in [5, 5.41) is 3.70. The molecule has 2 nitrogen and oxygen atoms in total. The highest BCUT2D eigenvalue weighted by Crippen LogP contribution is 2.30. The van der Waals surface area contributed by atoms with Crippen molar-refractivity contribution in [2.24, 2.45) is 5.92 Å². The Morgan fingerprint density at radius 3 is 2.70 bits per heavy atom. The van der Waals surface area contributed by atoms with E-state index in [0.29, 0.717) is 0 Å². The average molecular weight is 272 g/mol. The fourth-order valence-corrected chi connectivity index (χ4v) is 3.77. The molecule has 3 rings (SSSR count). The van der Waals surface area contributed by atoms with Crippen LogP contribution in [0.5, 0.6) is 0 Å². The second kappa shape index (κ2) is 5.77. The van der Waals surface area contributed by atoms with Gasteiger partial charge < -0.3 is 10.2 Å². The standard InChI is InChI=1S/C18H28N2/c1-18(2)14-20(13-15-8-4-3-5-9-15)17-11-7-6-10-16(17)12-19-18/h6-7,10-11,15,19H,3-5,8-9,12-14H2,1-2H3. The van der Waals surface area contributed by atoms with E-state index in [1.54, 1.807) is 0 Å². The first-order valence-electron chi connectivity index (χ1n) is 8.22. The van der Waals surface area contributed by atoms with E-state index in [1.807, 2.05) is 0 Å². The number of rotatable bonds is 2. The summed E-state index contributed by atoms with van der Waals surface area (Å²) in [6.45, 7) is 7.99. The molecule has 0 atom stereocenters. The molecule has 0 spiro atoms. The first kappa shape index (κ1) is 13.9. The second-order valence-corrected chi connectivity index (χ2v) is 7.25. The fourth-order valence-electron chi connectivity index (χ4n) is 3.77. The van der Waals surface area contributed by atoms with Crippen molar-refractivity contribution < 1.29 is 0 Å². The van der Waals surface area contributed by atoms with Crippen molar-refractivity contribution in [2.75, 3.05) is 18.0 Å². The first-order valence-corrected chi connectivity index (χ1v) is 8.22. The Morgan fingerprint density at radius 2 is 1.90 bits per heavy atom. The van der Waals surface area contributed by atoms with Crippen molar-refractivity contribution in [2.45, 2.75) is 58.0 Å². The van der Waals surface area contributed by atoms with Crippen LogP contribution >= 0.6 is 0 Å². The van der Waals surface area contributed by atoms with Crippen LogP contribution in [0.3, 0.4) is 0 Å². The maximum Gasteiger partial charge on any atom is 0.0412 e. The highest BCUT2D eigenvalue weighted by molar-refractivity contribution is 5.55. The van der Waals surface area contributed by atoms with Gasteiger partial charge in [-0.1, -0.05) is 37.5 Å². The normalized spacial score (nSPS) is 23.2. The number of hydrogen-bond donors (Lipinski definition) is 1. The lowest BCUT2D eigenvalue weighted by atomic mass is 9.88. The Labute approximate surface area is 123 Å². The Hall–Kier alpha value is -1.02. The van der Waals surface area contributed by atoms with Gasteiger partial charge in [0.1, 0.15) is 0 Å². The molecule has 0 bridgehead atoms. The molecule has 1 saturated carbocycles. The minimum Gasteiger partial charge on any atom is -0.369 e. The van der Waals surface area contributed by atoms with E-state index in [1.165, 1.54) is 49.9 Å². The van der Waals surface area contributed by atoms with Crippen LogP contribution in [0.2, 0.25) is 0 Å². The van der Waals surface area contributed by atoms with Crippen molar-refractivity contribution in [3.05, 3.63) is 29.8 Å². The molecule has 2 heteroatoms. The Kier molecular flexibility index (Phi) is 4.02. The summed E-state index contributed by atoms with van der Waals surface area (Å²) in [5.74, 6) is 0.894. The number of nitrogens with one attached hydrogen (secondary N) is 1.